The van der Waals surface area contributed by atoms with Gasteiger partial charge in [0.15, 0.2) is 0 Å². The van der Waals surface area contributed by atoms with E-state index in [1.54, 1.807) is 6.08 Å². The highest BCUT2D eigenvalue weighted by molar-refractivity contribution is 5.49. The highest BCUT2D eigenvalue weighted by Gasteiger charge is 1.96. The fourth-order valence-corrected chi connectivity index (χ4v) is 0.436. The van der Waals surface area contributed by atoms with Crippen molar-refractivity contribution in [2.45, 2.75) is 19.4 Å². The van der Waals surface area contributed by atoms with Crippen molar-refractivity contribution in [3.8, 4) is 0 Å². The van der Waals surface area contributed by atoms with E-state index in [2.05, 4.69) is 6.58 Å². The van der Waals surface area contributed by atoms with Gasteiger partial charge in [-0.1, -0.05) is 6.08 Å². The van der Waals surface area contributed by atoms with Crippen LogP contribution in [-0.4, -0.2) is 19.0 Å². The van der Waals surface area contributed by atoms with Gasteiger partial charge in [-0.2, -0.15) is 0 Å². The maximum atomic E-state index is 9.87. The van der Waals surface area contributed by atoms with Crippen LogP contribution in [0.2, 0.25) is 0 Å². The number of carbonyl (C=O) groups excluding carboxylic acids is 1. The van der Waals surface area contributed by atoms with Gasteiger partial charge < -0.3 is 9.53 Å². The Hall–Kier alpha value is -0.630. The molecule has 0 saturated carbocycles. The summed E-state index contributed by atoms with van der Waals surface area (Å²) in [4.78, 5) is 9.87. The zero-order chi connectivity index (χ0) is 7.11. The lowest BCUT2D eigenvalue weighted by atomic mass is 10.3. The molecule has 0 unspecified atom stereocenters. The molecule has 0 aliphatic carbocycles. The summed E-state index contributed by atoms with van der Waals surface area (Å²) in [6.07, 6.45) is 3.02. The summed E-state index contributed by atoms with van der Waals surface area (Å²) in [5.41, 5.74) is 0. The number of aldehydes is 1. The van der Waals surface area contributed by atoms with Crippen molar-refractivity contribution in [3.05, 3.63) is 12.7 Å². The molecule has 0 aromatic heterocycles. The first-order chi connectivity index (χ1) is 4.31. The number of carbonyl (C=O) groups is 1. The molecule has 0 aromatic carbocycles. The predicted octanol–water partition coefficient (Wildman–Crippen LogP) is 1.17. The minimum Gasteiger partial charge on any atom is -0.374 e. The fourth-order valence-electron chi connectivity index (χ4n) is 0.436. The Morgan fingerprint density at radius 1 is 1.78 bits per heavy atom. The maximum absolute atomic E-state index is 9.87. The largest absolute Gasteiger partial charge is 0.374 e. The van der Waals surface area contributed by atoms with Crippen LogP contribution in [0, 0.1) is 0 Å². The van der Waals surface area contributed by atoms with Crippen molar-refractivity contribution < 1.29 is 9.53 Å². The van der Waals surface area contributed by atoms with Gasteiger partial charge >= 0.3 is 0 Å². The van der Waals surface area contributed by atoms with Crippen LogP contribution in [0.15, 0.2) is 12.7 Å². The highest BCUT2D eigenvalue weighted by Crippen LogP contribution is 1.92. The van der Waals surface area contributed by atoms with Gasteiger partial charge in [-0.25, -0.2) is 0 Å². The first-order valence-electron chi connectivity index (χ1n) is 2.97. The minimum absolute atomic E-state index is 0.0282. The molecule has 52 valence electrons. The van der Waals surface area contributed by atoms with Crippen LogP contribution in [-0.2, 0) is 9.53 Å². The van der Waals surface area contributed by atoms with E-state index in [-0.39, 0.29) is 6.10 Å². The number of rotatable bonds is 5. The molecule has 0 aliphatic heterocycles. The van der Waals surface area contributed by atoms with Crippen LogP contribution in [0.3, 0.4) is 0 Å². The van der Waals surface area contributed by atoms with Gasteiger partial charge in [-0.15, -0.1) is 6.58 Å². The summed E-state index contributed by atoms with van der Waals surface area (Å²) in [5.74, 6) is 0. The van der Waals surface area contributed by atoms with Crippen molar-refractivity contribution >= 4 is 6.29 Å². The molecule has 0 saturated heterocycles. The number of hydrogen-bond acceptors (Lipinski definition) is 2. The van der Waals surface area contributed by atoms with Crippen molar-refractivity contribution in [2.75, 3.05) is 6.61 Å². The molecule has 0 spiro atoms. The Morgan fingerprint density at radius 3 is 2.89 bits per heavy atom. The van der Waals surface area contributed by atoms with Crippen LogP contribution >= 0.6 is 0 Å². The Morgan fingerprint density at radius 2 is 2.44 bits per heavy atom. The smallest absolute Gasteiger partial charge is 0.122 e. The van der Waals surface area contributed by atoms with E-state index in [9.17, 15) is 4.79 Å². The molecule has 0 aliphatic rings. The molecular weight excluding hydrogens is 116 g/mol. The van der Waals surface area contributed by atoms with E-state index >= 15 is 0 Å². The third-order valence-corrected chi connectivity index (χ3v) is 0.927. The molecule has 9 heavy (non-hydrogen) atoms. The molecule has 0 heterocycles. The molecule has 0 radical (unpaired) electrons. The standard InChI is InChI=1S/C7H12O2/c1-3-6-9-7(2)4-5-8/h3,5,7H,1,4,6H2,2H3/t7-/m0/s1. The molecule has 0 N–H and O–H groups in total. The SMILES string of the molecule is C=CCO[C@@H](C)CC=O. The quantitative estimate of drug-likeness (QED) is 0.410. The summed E-state index contributed by atoms with van der Waals surface area (Å²) in [6.45, 7) is 5.86. The summed E-state index contributed by atoms with van der Waals surface area (Å²) >= 11 is 0. The summed E-state index contributed by atoms with van der Waals surface area (Å²) in [7, 11) is 0. The molecule has 0 bridgehead atoms. The van der Waals surface area contributed by atoms with Crippen LogP contribution in [0.5, 0.6) is 0 Å². The molecule has 2 nitrogen and oxygen atoms in total. The topological polar surface area (TPSA) is 26.3 Å². The molecule has 0 fully saturated rings. The fraction of sp³-hybridized carbons (Fsp3) is 0.571. The van der Waals surface area contributed by atoms with Crippen LogP contribution < -0.4 is 0 Å². The van der Waals surface area contributed by atoms with E-state index in [0.29, 0.717) is 13.0 Å². The van der Waals surface area contributed by atoms with Crippen LogP contribution in [0.25, 0.3) is 0 Å². The lowest BCUT2D eigenvalue weighted by Gasteiger charge is -2.05. The summed E-state index contributed by atoms with van der Waals surface area (Å²) in [5, 5.41) is 0. The lowest BCUT2D eigenvalue weighted by molar-refractivity contribution is -0.109. The van der Waals surface area contributed by atoms with Gasteiger partial charge in [-0.3, -0.25) is 0 Å². The second-order valence-corrected chi connectivity index (χ2v) is 1.83. The average molecular weight is 128 g/mol. The minimum atomic E-state index is 0.0282. The third-order valence-electron chi connectivity index (χ3n) is 0.927. The number of ether oxygens (including phenoxy) is 1. The first kappa shape index (κ1) is 8.37. The third kappa shape index (κ3) is 5.24. The molecular formula is C7H12O2. The van der Waals surface area contributed by atoms with E-state index in [0.717, 1.165) is 6.29 Å². The highest BCUT2D eigenvalue weighted by atomic mass is 16.5. The Kier molecular flexibility index (Phi) is 5.12. The van der Waals surface area contributed by atoms with Crippen LogP contribution in [0.4, 0.5) is 0 Å². The van der Waals surface area contributed by atoms with E-state index in [1.165, 1.54) is 0 Å². The Labute approximate surface area is 55.5 Å². The van der Waals surface area contributed by atoms with Gasteiger partial charge in [-0.05, 0) is 6.92 Å². The van der Waals surface area contributed by atoms with Gasteiger partial charge in [0.2, 0.25) is 0 Å². The van der Waals surface area contributed by atoms with Gasteiger partial charge in [0.1, 0.15) is 6.29 Å². The zero-order valence-electron chi connectivity index (χ0n) is 5.67. The summed E-state index contributed by atoms with van der Waals surface area (Å²) < 4.78 is 5.08. The summed E-state index contributed by atoms with van der Waals surface area (Å²) in [6, 6.07) is 0. The van der Waals surface area contributed by atoms with E-state index in [1.807, 2.05) is 6.92 Å². The monoisotopic (exact) mass is 128 g/mol. The normalized spacial score (nSPS) is 12.6. The van der Waals surface area contributed by atoms with Gasteiger partial charge in [0, 0.05) is 6.42 Å². The maximum Gasteiger partial charge on any atom is 0.122 e. The van der Waals surface area contributed by atoms with E-state index in [4.69, 9.17) is 4.74 Å². The molecule has 1 atom stereocenters. The molecule has 2 heteroatoms. The Bertz CT molecular complexity index is 88.9. The molecule has 0 aromatic rings. The molecule has 0 rings (SSSR count). The lowest BCUT2D eigenvalue weighted by Crippen LogP contribution is -2.07. The van der Waals surface area contributed by atoms with Crippen molar-refractivity contribution in [1.82, 2.24) is 0 Å². The van der Waals surface area contributed by atoms with Gasteiger partial charge in [0.25, 0.3) is 0 Å². The van der Waals surface area contributed by atoms with Crippen molar-refractivity contribution in [3.63, 3.8) is 0 Å². The Balaban J connectivity index is 3.14. The van der Waals surface area contributed by atoms with E-state index < -0.39 is 0 Å². The second kappa shape index (κ2) is 5.51. The number of hydrogen-bond donors (Lipinski definition) is 0. The van der Waals surface area contributed by atoms with Crippen molar-refractivity contribution in [2.24, 2.45) is 0 Å². The van der Waals surface area contributed by atoms with Crippen LogP contribution in [0.1, 0.15) is 13.3 Å². The zero-order valence-corrected chi connectivity index (χ0v) is 5.67. The average Bonchev–Trinajstić information content (AvgIpc) is 1.85. The molecule has 0 amide bonds. The second-order valence-electron chi connectivity index (χ2n) is 1.83. The van der Waals surface area contributed by atoms with Gasteiger partial charge in [0.05, 0.1) is 12.7 Å². The predicted molar refractivity (Wildman–Crippen MR) is 36.3 cm³/mol. The van der Waals surface area contributed by atoms with Crippen molar-refractivity contribution in [1.29, 1.82) is 0 Å². The first-order valence-corrected chi connectivity index (χ1v) is 2.97.